The second-order valence-corrected chi connectivity index (χ2v) is 7.03. The molecule has 0 aliphatic heterocycles. The maximum Gasteiger partial charge on any atom is 0.399 e. The molecule has 0 aliphatic rings. The molecule has 0 saturated heterocycles. The van der Waals surface area contributed by atoms with Gasteiger partial charge in [0.2, 0.25) is 0 Å². The summed E-state index contributed by atoms with van der Waals surface area (Å²) in [5.41, 5.74) is 2.01. The van der Waals surface area contributed by atoms with Gasteiger partial charge in [-0.3, -0.25) is 0 Å². The minimum Gasteiger partial charge on any atom is -0.247 e. The van der Waals surface area contributed by atoms with Crippen LogP contribution >= 0.6 is 50.7 Å². The molecule has 3 rings (SSSR count). The van der Waals surface area contributed by atoms with Crippen LogP contribution < -0.4 is 0 Å². The molecule has 0 radical (unpaired) electrons. The Kier molecular flexibility index (Phi) is 15.3. The molecule has 0 bridgehead atoms. The predicted molar refractivity (Wildman–Crippen MR) is 137 cm³/mol. The molecule has 1 heterocycles. The zero-order valence-electron chi connectivity index (χ0n) is 18.8. The normalized spacial score (nSPS) is 9.34. The van der Waals surface area contributed by atoms with E-state index in [9.17, 15) is 9.32 Å². The van der Waals surface area contributed by atoms with Crippen LogP contribution in [0.2, 0.25) is 15.1 Å². The van der Waals surface area contributed by atoms with Crippen molar-refractivity contribution in [2.75, 3.05) is 0 Å². The summed E-state index contributed by atoms with van der Waals surface area (Å²) in [4.78, 5) is 15.2. The Morgan fingerprint density at radius 2 is 1.50 bits per heavy atom. The Morgan fingerprint density at radius 3 is 1.97 bits per heavy atom. The lowest BCUT2D eigenvalue weighted by molar-refractivity contribution is -0.0794. The van der Waals surface area contributed by atoms with E-state index in [1.807, 2.05) is 41.5 Å². The van der Waals surface area contributed by atoms with Gasteiger partial charge in [0.1, 0.15) is 0 Å². The third kappa shape index (κ3) is 7.48. The van der Waals surface area contributed by atoms with Crippen molar-refractivity contribution in [1.82, 2.24) is 9.78 Å². The number of carbonyl (C=O) groups is 1. The first-order chi connectivity index (χ1) is 15.5. The Balaban J connectivity index is 0.00000148. The summed E-state index contributed by atoms with van der Waals surface area (Å²) in [6.45, 7) is 12.0. The lowest BCUT2D eigenvalue weighted by Gasteiger charge is -2.11. The fourth-order valence-electron chi connectivity index (χ4n) is 2.51. The largest absolute Gasteiger partial charge is 0.399 e. The molecule has 0 saturated carbocycles. The van der Waals surface area contributed by atoms with E-state index in [0.29, 0.717) is 37.6 Å². The summed E-state index contributed by atoms with van der Waals surface area (Å²) in [5, 5.41) is 5.77. The molecule has 0 N–H and O–H groups in total. The highest BCUT2D eigenvalue weighted by molar-refractivity contribution is 9.08. The highest BCUT2D eigenvalue weighted by Gasteiger charge is 2.26. The molecule has 1 aromatic heterocycles. The zero-order chi connectivity index (χ0) is 24.8. The number of halogens is 5. The number of benzene rings is 2. The fraction of sp³-hybridized carbons (Fsp3) is 0.304. The molecular weight excluding hydrogens is 542 g/mol. The van der Waals surface area contributed by atoms with Gasteiger partial charge in [0.15, 0.2) is 5.69 Å². The minimum atomic E-state index is -1.20. The van der Waals surface area contributed by atoms with Crippen LogP contribution in [0.25, 0.3) is 16.9 Å². The Morgan fingerprint density at radius 1 is 0.969 bits per heavy atom. The van der Waals surface area contributed by atoms with E-state index < -0.39 is 5.97 Å². The van der Waals surface area contributed by atoms with Gasteiger partial charge in [-0.2, -0.15) is 5.10 Å². The number of carbonyl (C=O) groups excluding carboxylic acids is 1. The maximum atomic E-state index is 12.5. The second-order valence-electron chi connectivity index (χ2n) is 5.19. The molecule has 0 fully saturated rings. The van der Waals surface area contributed by atoms with Crippen molar-refractivity contribution in [1.29, 1.82) is 0 Å². The molecule has 176 valence electrons. The summed E-state index contributed by atoms with van der Waals surface area (Å²) in [6.07, 6.45) is 0. The Labute approximate surface area is 212 Å². The van der Waals surface area contributed by atoms with Crippen molar-refractivity contribution in [2.45, 2.75) is 46.9 Å². The molecular formula is C23H27BrCl3FN2O2. The number of nitrogens with zero attached hydrogens (tertiary/aromatic N) is 2. The molecule has 0 aliphatic carbocycles. The number of hydrogen-bond donors (Lipinski definition) is 0. The van der Waals surface area contributed by atoms with E-state index >= 15 is 0 Å². The van der Waals surface area contributed by atoms with Crippen LogP contribution in [0.3, 0.4) is 0 Å². The molecule has 0 spiro atoms. The highest BCUT2D eigenvalue weighted by Crippen LogP contribution is 2.34. The monoisotopic (exact) mass is 566 g/mol. The van der Waals surface area contributed by atoms with Gasteiger partial charge < -0.3 is 0 Å². The topological polar surface area (TPSA) is 44.1 Å². The van der Waals surface area contributed by atoms with Crippen molar-refractivity contribution < 1.29 is 14.3 Å². The van der Waals surface area contributed by atoms with Gasteiger partial charge in [0, 0.05) is 31.0 Å². The van der Waals surface area contributed by atoms with Gasteiger partial charge in [-0.15, -0.1) is 0 Å². The molecule has 4 nitrogen and oxygen atoms in total. The first-order valence-electron chi connectivity index (χ1n) is 10.2. The molecule has 0 atom stereocenters. The van der Waals surface area contributed by atoms with Crippen LogP contribution in [0.1, 0.15) is 57.6 Å². The summed E-state index contributed by atoms with van der Waals surface area (Å²) < 4.78 is 14.0. The lowest BCUT2D eigenvalue weighted by atomic mass is 10.1. The molecule has 32 heavy (non-hydrogen) atoms. The van der Waals surface area contributed by atoms with E-state index in [0.717, 1.165) is 0 Å². The lowest BCUT2D eigenvalue weighted by Crippen LogP contribution is -2.04. The van der Waals surface area contributed by atoms with E-state index in [-0.39, 0.29) is 11.0 Å². The van der Waals surface area contributed by atoms with Crippen molar-refractivity contribution >= 4 is 56.7 Å². The van der Waals surface area contributed by atoms with Crippen LogP contribution in [-0.4, -0.2) is 15.7 Å². The van der Waals surface area contributed by atoms with Gasteiger partial charge in [-0.1, -0.05) is 104 Å². The molecule has 3 aromatic rings. The molecule has 0 unspecified atom stereocenters. The minimum absolute atomic E-state index is 0.166. The van der Waals surface area contributed by atoms with Crippen molar-refractivity contribution in [3.63, 3.8) is 0 Å². The number of alkyl halides is 1. The van der Waals surface area contributed by atoms with Crippen molar-refractivity contribution in [2.24, 2.45) is 0 Å². The third-order valence-corrected chi connectivity index (χ3v) is 4.99. The van der Waals surface area contributed by atoms with Crippen molar-refractivity contribution in [3.8, 4) is 16.9 Å². The highest BCUT2D eigenvalue weighted by atomic mass is 79.9. The SMILES string of the molecule is CC.CC.CC.O=C(OF)c1nn(-c2ccc(Cl)cc2Cl)c(-c2ccc(Cl)cc2)c1CBr. The summed E-state index contributed by atoms with van der Waals surface area (Å²) >= 11 is 21.5. The molecule has 9 heteroatoms. The third-order valence-electron chi connectivity index (χ3n) is 3.64. The fourth-order valence-corrected chi connectivity index (χ4v) is 3.65. The average molecular weight is 569 g/mol. The number of rotatable bonds is 4. The zero-order valence-corrected chi connectivity index (χ0v) is 22.7. The van der Waals surface area contributed by atoms with Crippen LogP contribution in [0.5, 0.6) is 0 Å². The van der Waals surface area contributed by atoms with Crippen LogP contribution in [0, 0.1) is 0 Å². The first kappa shape index (κ1) is 30.4. The van der Waals surface area contributed by atoms with E-state index in [2.05, 4.69) is 26.0 Å². The predicted octanol–water partition coefficient (Wildman–Crippen LogP) is 9.51. The van der Waals surface area contributed by atoms with Gasteiger partial charge in [0.05, 0.1) is 16.4 Å². The van der Waals surface area contributed by atoms with Crippen LogP contribution in [0.4, 0.5) is 4.53 Å². The van der Waals surface area contributed by atoms with Crippen molar-refractivity contribution in [3.05, 3.63) is 68.8 Å². The standard InChI is InChI=1S/C17H9BrCl3FN2O2.3C2H6/c18-8-12-15(17(25)26-22)23-24(14-6-5-11(20)7-13(14)21)16(12)9-1-3-10(19)4-2-9;3*1-2/h1-7H,8H2;3*1-2H3. The quantitative estimate of drug-likeness (QED) is 0.294. The molecule has 0 amide bonds. The maximum absolute atomic E-state index is 12.5. The van der Waals surface area contributed by atoms with Gasteiger partial charge >= 0.3 is 5.97 Å². The van der Waals surface area contributed by atoms with Crippen LogP contribution in [0.15, 0.2) is 42.5 Å². The first-order valence-corrected chi connectivity index (χ1v) is 12.4. The van der Waals surface area contributed by atoms with Gasteiger partial charge in [-0.05, 0) is 30.3 Å². The van der Waals surface area contributed by atoms with E-state index in [1.54, 1.807) is 42.5 Å². The Bertz CT molecular complexity index is 980. The second kappa shape index (κ2) is 16.1. The average Bonchev–Trinajstić information content (AvgIpc) is 3.22. The van der Waals surface area contributed by atoms with Gasteiger partial charge in [0.25, 0.3) is 0 Å². The van der Waals surface area contributed by atoms with Crippen LogP contribution in [-0.2, 0) is 10.3 Å². The Hall–Kier alpha value is -1.60. The molecule has 2 aromatic carbocycles. The summed E-state index contributed by atoms with van der Waals surface area (Å²) in [5.74, 6) is -1.20. The van der Waals surface area contributed by atoms with E-state index in [4.69, 9.17) is 34.8 Å². The summed E-state index contributed by atoms with van der Waals surface area (Å²) in [6, 6.07) is 11.8. The number of aromatic nitrogens is 2. The smallest absolute Gasteiger partial charge is 0.247 e. The van der Waals surface area contributed by atoms with E-state index in [1.165, 1.54) is 4.68 Å². The summed E-state index contributed by atoms with van der Waals surface area (Å²) in [7, 11) is 0. The number of hydrogen-bond acceptors (Lipinski definition) is 3. The van der Waals surface area contributed by atoms with Gasteiger partial charge in [-0.25, -0.2) is 14.4 Å².